The normalized spacial score (nSPS) is 22.8. The molecular weight excluding hydrogens is 590 g/mol. The van der Waals surface area contributed by atoms with Gasteiger partial charge in [0.1, 0.15) is 5.75 Å². The minimum Gasteiger partial charge on any atom is -0.491 e. The van der Waals surface area contributed by atoms with Gasteiger partial charge >= 0.3 is 12.4 Å². The Labute approximate surface area is 251 Å². The lowest BCUT2D eigenvalue weighted by molar-refractivity contribution is -0.143. The number of piperidine rings is 3. The van der Waals surface area contributed by atoms with Crippen molar-refractivity contribution >= 4 is 33.9 Å². The molecule has 3 aliphatic rings. The molecule has 2 N–H and O–H groups in total. The van der Waals surface area contributed by atoms with Crippen molar-refractivity contribution in [3.05, 3.63) is 78.0 Å². The molecular formula is C31H32F6N4OS. The second kappa shape index (κ2) is 12.0. The highest BCUT2D eigenvalue weighted by Gasteiger charge is 2.43. The molecule has 0 saturated carbocycles. The Hall–Kier alpha value is -3.38. The molecule has 4 heterocycles. The molecule has 1 aromatic heterocycles. The van der Waals surface area contributed by atoms with Crippen molar-refractivity contribution in [3.8, 4) is 5.75 Å². The summed E-state index contributed by atoms with van der Waals surface area (Å²) in [6, 6.07) is 8.27. The lowest BCUT2D eigenvalue weighted by Crippen LogP contribution is -2.57. The van der Waals surface area contributed by atoms with Crippen molar-refractivity contribution in [2.75, 3.05) is 18.4 Å². The van der Waals surface area contributed by atoms with Crippen LogP contribution in [0.2, 0.25) is 0 Å². The van der Waals surface area contributed by atoms with Crippen LogP contribution in [-0.2, 0) is 12.4 Å². The van der Waals surface area contributed by atoms with Crippen LogP contribution in [0.3, 0.4) is 0 Å². The Balaban J connectivity index is 1.52. The molecule has 3 fully saturated rings. The number of thiocarbonyl (C=S) groups is 1. The number of fused-ring (bicyclic) bond motifs is 4. The Morgan fingerprint density at radius 1 is 1.07 bits per heavy atom. The van der Waals surface area contributed by atoms with Gasteiger partial charge in [-0.2, -0.15) is 26.3 Å². The maximum absolute atomic E-state index is 13.5. The highest BCUT2D eigenvalue weighted by atomic mass is 32.1. The molecule has 2 aromatic carbocycles. The summed E-state index contributed by atoms with van der Waals surface area (Å²) in [7, 11) is 0. The average Bonchev–Trinajstić information content (AvgIpc) is 2.94. The molecule has 6 rings (SSSR count). The van der Waals surface area contributed by atoms with Crippen molar-refractivity contribution < 1.29 is 31.1 Å². The van der Waals surface area contributed by atoms with Gasteiger partial charge in [-0.15, -0.1) is 6.58 Å². The van der Waals surface area contributed by atoms with E-state index in [0.717, 1.165) is 36.9 Å². The van der Waals surface area contributed by atoms with E-state index in [0.29, 0.717) is 35.2 Å². The third-order valence-corrected chi connectivity index (χ3v) is 8.34. The lowest BCUT2D eigenvalue weighted by Gasteiger charge is -2.52. The predicted octanol–water partition coefficient (Wildman–Crippen LogP) is 7.98. The van der Waals surface area contributed by atoms with E-state index in [1.54, 1.807) is 6.20 Å². The van der Waals surface area contributed by atoms with Crippen LogP contribution in [0, 0.1) is 11.8 Å². The quantitative estimate of drug-likeness (QED) is 0.158. The summed E-state index contributed by atoms with van der Waals surface area (Å²) in [6.07, 6.45) is -4.54. The molecule has 230 valence electrons. The number of hydrogen-bond donors (Lipinski definition) is 2. The van der Waals surface area contributed by atoms with Crippen LogP contribution in [-0.4, -0.2) is 40.2 Å². The topological polar surface area (TPSA) is 49.4 Å². The van der Waals surface area contributed by atoms with E-state index in [9.17, 15) is 26.3 Å². The number of pyridine rings is 1. The van der Waals surface area contributed by atoms with Crippen LogP contribution in [0.4, 0.5) is 32.0 Å². The fourth-order valence-electron chi connectivity index (χ4n) is 6.20. The van der Waals surface area contributed by atoms with Gasteiger partial charge in [0.05, 0.1) is 28.8 Å². The molecule has 0 spiro atoms. The molecule has 5 nitrogen and oxygen atoms in total. The zero-order valence-electron chi connectivity index (χ0n) is 23.6. The van der Waals surface area contributed by atoms with E-state index in [2.05, 4.69) is 27.1 Å². The van der Waals surface area contributed by atoms with Gasteiger partial charge in [0.25, 0.3) is 0 Å². The number of rotatable bonds is 7. The summed E-state index contributed by atoms with van der Waals surface area (Å²) in [5.41, 5.74) is -1.70. The number of benzene rings is 2. The number of hydrogen-bond acceptors (Lipinski definition) is 4. The molecule has 2 bridgehead atoms. The Morgan fingerprint density at radius 3 is 2.35 bits per heavy atom. The number of nitrogens with one attached hydrogen (secondary N) is 2. The first-order valence-corrected chi connectivity index (χ1v) is 14.4. The summed E-state index contributed by atoms with van der Waals surface area (Å²) in [5, 5.41) is 6.57. The first-order valence-electron chi connectivity index (χ1n) is 14.0. The van der Waals surface area contributed by atoms with Gasteiger partial charge in [-0.05, 0) is 105 Å². The van der Waals surface area contributed by atoms with Crippen LogP contribution < -0.4 is 15.4 Å². The van der Waals surface area contributed by atoms with E-state index in [-0.39, 0.29) is 23.3 Å². The zero-order chi connectivity index (χ0) is 31.1. The molecule has 3 saturated heterocycles. The Kier molecular flexibility index (Phi) is 8.63. The molecule has 3 aliphatic heterocycles. The van der Waals surface area contributed by atoms with Crippen molar-refractivity contribution in [1.29, 1.82) is 0 Å². The summed E-state index contributed by atoms with van der Waals surface area (Å²) in [6.45, 7) is 9.48. The maximum atomic E-state index is 13.5. The Morgan fingerprint density at radius 2 is 1.77 bits per heavy atom. The first-order chi connectivity index (χ1) is 20.2. The molecule has 3 aromatic rings. The van der Waals surface area contributed by atoms with Gasteiger partial charge in [0.15, 0.2) is 5.11 Å². The number of nitrogens with zero attached hydrogens (tertiary/aromatic N) is 2. The first kappa shape index (κ1) is 31.1. The number of aromatic nitrogens is 1. The Bertz CT molecular complexity index is 1480. The minimum absolute atomic E-state index is 0.0535. The molecule has 0 amide bonds. The van der Waals surface area contributed by atoms with Crippen LogP contribution >= 0.6 is 12.2 Å². The molecule has 0 aliphatic carbocycles. The van der Waals surface area contributed by atoms with E-state index >= 15 is 0 Å². The third kappa shape index (κ3) is 6.90. The fourth-order valence-corrected chi connectivity index (χ4v) is 6.45. The third-order valence-electron chi connectivity index (χ3n) is 8.12. The molecule has 1 unspecified atom stereocenters. The van der Waals surface area contributed by atoms with Crippen LogP contribution in [0.1, 0.15) is 49.4 Å². The highest BCUT2D eigenvalue weighted by molar-refractivity contribution is 7.80. The van der Waals surface area contributed by atoms with Crippen molar-refractivity contribution in [3.63, 3.8) is 0 Å². The second-order valence-electron chi connectivity index (χ2n) is 11.4. The van der Waals surface area contributed by atoms with E-state index in [4.69, 9.17) is 17.0 Å². The summed E-state index contributed by atoms with van der Waals surface area (Å²) < 4.78 is 86.8. The number of ether oxygens (including phenoxy) is 1. The molecule has 12 heteroatoms. The van der Waals surface area contributed by atoms with Gasteiger partial charge in [-0.1, -0.05) is 6.08 Å². The fraction of sp³-hybridized carbons (Fsp3) is 0.419. The van der Waals surface area contributed by atoms with Crippen LogP contribution in [0.25, 0.3) is 10.9 Å². The van der Waals surface area contributed by atoms with Gasteiger partial charge in [0, 0.05) is 29.9 Å². The van der Waals surface area contributed by atoms with Crippen molar-refractivity contribution in [1.82, 2.24) is 15.2 Å². The molecule has 5 atom stereocenters. The maximum Gasteiger partial charge on any atom is 0.416 e. The number of anilines is 1. The highest BCUT2D eigenvalue weighted by Crippen LogP contribution is 2.43. The van der Waals surface area contributed by atoms with Crippen LogP contribution in [0.15, 0.2) is 61.3 Å². The lowest BCUT2D eigenvalue weighted by atomic mass is 9.73. The van der Waals surface area contributed by atoms with Gasteiger partial charge in [0.2, 0.25) is 0 Å². The van der Waals surface area contributed by atoms with E-state index in [1.165, 1.54) is 0 Å². The van der Waals surface area contributed by atoms with E-state index < -0.39 is 35.2 Å². The van der Waals surface area contributed by atoms with Gasteiger partial charge in [-0.25, -0.2) is 0 Å². The van der Waals surface area contributed by atoms with Gasteiger partial charge < -0.3 is 15.4 Å². The average molecular weight is 623 g/mol. The standard InChI is InChI=1S/C31H32F6N4OS/c1-4-18-16-41-10-8-19(18)11-27(41)28(24-7-9-38-26-6-5-23(15-25(24)26)42-17(2)3)40-29(43)39-22-13-20(30(32,33)34)12-21(14-22)31(35,36)37/h4-7,9,12-15,17-19,27-28H,1,8,10-11,16H2,2-3H3,(H2,39,40,43)/t18-,19-,27+,28+/m0/s1. The largest absolute Gasteiger partial charge is 0.491 e. The van der Waals surface area contributed by atoms with Crippen LogP contribution in [0.5, 0.6) is 5.75 Å². The molecule has 43 heavy (non-hydrogen) atoms. The predicted molar refractivity (Wildman–Crippen MR) is 158 cm³/mol. The second-order valence-corrected chi connectivity index (χ2v) is 11.8. The van der Waals surface area contributed by atoms with E-state index in [1.807, 2.05) is 44.2 Å². The summed E-state index contributed by atoms with van der Waals surface area (Å²) in [4.78, 5) is 6.85. The summed E-state index contributed by atoms with van der Waals surface area (Å²) >= 11 is 5.53. The summed E-state index contributed by atoms with van der Waals surface area (Å²) in [5.74, 6) is 1.38. The number of alkyl halides is 6. The van der Waals surface area contributed by atoms with Crippen molar-refractivity contribution in [2.45, 2.75) is 57.2 Å². The minimum atomic E-state index is -4.97. The zero-order valence-corrected chi connectivity index (χ0v) is 24.4. The smallest absolute Gasteiger partial charge is 0.416 e. The van der Waals surface area contributed by atoms with Crippen molar-refractivity contribution in [2.24, 2.45) is 11.8 Å². The number of halogens is 6. The monoisotopic (exact) mass is 622 g/mol. The van der Waals surface area contributed by atoms with Gasteiger partial charge in [-0.3, -0.25) is 9.88 Å². The SMILES string of the molecule is C=C[C@H]1CN2CC[C@H]1C[C@@H]2[C@H](NC(=S)Nc1cc(C(F)(F)F)cc(C(F)(F)F)c1)c1ccnc2ccc(OC(C)C)cc12. The molecule has 0 radical (unpaired) electrons.